The zero-order valence-corrected chi connectivity index (χ0v) is 13.7. The number of carbonyl (C=O) groups excluding carboxylic acids is 1. The Morgan fingerprint density at radius 3 is 3.18 bits per heavy atom. The van der Waals surface area contributed by atoms with Crippen LogP contribution in [0.1, 0.15) is 29.9 Å². The number of rotatable bonds is 5. The lowest BCUT2D eigenvalue weighted by Gasteiger charge is -2.20. The van der Waals surface area contributed by atoms with Crippen molar-refractivity contribution in [1.29, 1.82) is 0 Å². The van der Waals surface area contributed by atoms with E-state index in [1.807, 2.05) is 26.2 Å². The predicted octanol–water partition coefficient (Wildman–Crippen LogP) is 2.31. The number of thiophene rings is 1. The summed E-state index contributed by atoms with van der Waals surface area (Å²) in [6, 6.07) is 4.27. The summed E-state index contributed by atoms with van der Waals surface area (Å²) in [5.41, 5.74) is 0.978. The smallest absolute Gasteiger partial charge is 0.226 e. The quantitative estimate of drug-likeness (QED) is 0.920. The third-order valence-electron chi connectivity index (χ3n) is 3.96. The average Bonchev–Trinajstić information content (AvgIpc) is 3.17. The van der Waals surface area contributed by atoms with Crippen LogP contribution in [0.25, 0.3) is 0 Å². The molecule has 0 saturated carbocycles. The highest BCUT2D eigenvalue weighted by Crippen LogP contribution is 2.34. The monoisotopic (exact) mass is 319 g/mol. The molecule has 5 nitrogen and oxygen atoms in total. The van der Waals surface area contributed by atoms with E-state index < -0.39 is 0 Å². The van der Waals surface area contributed by atoms with Gasteiger partial charge in [0.15, 0.2) is 0 Å². The van der Waals surface area contributed by atoms with Crippen molar-refractivity contribution < 1.29 is 9.53 Å². The van der Waals surface area contributed by atoms with Gasteiger partial charge in [0.25, 0.3) is 0 Å². The highest BCUT2D eigenvalue weighted by atomic mass is 32.1. The van der Waals surface area contributed by atoms with E-state index in [-0.39, 0.29) is 24.0 Å². The maximum atomic E-state index is 12.6. The number of nitrogens with zero attached hydrogens (tertiary/aromatic N) is 2. The Hall–Kier alpha value is -1.66. The first kappa shape index (κ1) is 15.2. The van der Waals surface area contributed by atoms with Crippen LogP contribution in [0.2, 0.25) is 0 Å². The summed E-state index contributed by atoms with van der Waals surface area (Å²) in [5, 5.41) is 9.36. The molecule has 2 aromatic heterocycles. The van der Waals surface area contributed by atoms with Crippen LogP contribution in [-0.2, 0) is 23.0 Å². The van der Waals surface area contributed by atoms with E-state index in [0.29, 0.717) is 6.61 Å². The second kappa shape index (κ2) is 6.62. The van der Waals surface area contributed by atoms with E-state index in [0.717, 1.165) is 18.4 Å². The van der Waals surface area contributed by atoms with Crippen LogP contribution in [-0.4, -0.2) is 28.3 Å². The summed E-state index contributed by atoms with van der Waals surface area (Å²) in [4.78, 5) is 13.9. The molecule has 3 atom stereocenters. The van der Waals surface area contributed by atoms with Gasteiger partial charge in [-0.3, -0.25) is 9.48 Å². The molecule has 2 aromatic rings. The molecular weight excluding hydrogens is 298 g/mol. The summed E-state index contributed by atoms with van der Waals surface area (Å²) in [6.45, 7) is 2.67. The Morgan fingerprint density at radius 2 is 2.50 bits per heavy atom. The minimum Gasteiger partial charge on any atom is -0.373 e. The normalized spacial score (nSPS) is 22.6. The maximum Gasteiger partial charge on any atom is 0.226 e. The largest absolute Gasteiger partial charge is 0.373 e. The topological polar surface area (TPSA) is 56.1 Å². The molecule has 3 rings (SSSR count). The standard InChI is InChI=1S/C16H21N3O2S/c1-11(8-13-4-3-7-22-13)18-16(20)14-5-6-21-15(14)12-9-17-19(2)10-12/h3-4,7,9-11,14-15H,5-6,8H2,1-2H3,(H,18,20)/t11-,14-,15+/m0/s1. The summed E-state index contributed by atoms with van der Waals surface area (Å²) in [6.07, 6.45) is 5.16. The Kier molecular flexibility index (Phi) is 4.59. The molecule has 118 valence electrons. The van der Waals surface area contributed by atoms with Crippen LogP contribution >= 0.6 is 11.3 Å². The first-order chi connectivity index (χ1) is 10.6. The van der Waals surface area contributed by atoms with Gasteiger partial charge in [-0.05, 0) is 24.8 Å². The number of nitrogens with one attached hydrogen (secondary N) is 1. The van der Waals surface area contributed by atoms with Gasteiger partial charge in [-0.25, -0.2) is 0 Å². The van der Waals surface area contributed by atoms with E-state index in [9.17, 15) is 4.79 Å². The number of carbonyl (C=O) groups is 1. The summed E-state index contributed by atoms with van der Waals surface area (Å²) in [7, 11) is 1.87. The van der Waals surface area contributed by atoms with E-state index >= 15 is 0 Å². The molecule has 0 radical (unpaired) electrons. The number of ether oxygens (including phenoxy) is 1. The summed E-state index contributed by atoms with van der Waals surface area (Å²) < 4.78 is 7.50. The molecule has 1 N–H and O–H groups in total. The number of aryl methyl sites for hydroxylation is 1. The second-order valence-corrected chi connectivity index (χ2v) is 6.86. The van der Waals surface area contributed by atoms with Crippen molar-refractivity contribution in [2.75, 3.05) is 6.61 Å². The molecule has 22 heavy (non-hydrogen) atoms. The lowest BCUT2D eigenvalue weighted by Crippen LogP contribution is -2.39. The van der Waals surface area contributed by atoms with E-state index in [2.05, 4.69) is 21.9 Å². The number of hydrogen-bond donors (Lipinski definition) is 1. The van der Waals surface area contributed by atoms with Crippen LogP contribution < -0.4 is 5.32 Å². The average molecular weight is 319 g/mol. The molecule has 0 aliphatic carbocycles. The molecule has 3 heterocycles. The minimum atomic E-state index is -0.178. The molecule has 0 spiro atoms. The van der Waals surface area contributed by atoms with Crippen LogP contribution in [0.3, 0.4) is 0 Å². The second-order valence-electron chi connectivity index (χ2n) is 5.83. The first-order valence-corrected chi connectivity index (χ1v) is 8.44. The van der Waals surface area contributed by atoms with Gasteiger partial charge in [-0.15, -0.1) is 11.3 Å². The molecule has 0 aromatic carbocycles. The van der Waals surface area contributed by atoms with Crippen molar-refractivity contribution in [1.82, 2.24) is 15.1 Å². The Labute approximate surface area is 134 Å². The molecule has 0 bridgehead atoms. The van der Waals surface area contributed by atoms with Crippen LogP contribution in [0.15, 0.2) is 29.9 Å². The van der Waals surface area contributed by atoms with Gasteiger partial charge in [0.1, 0.15) is 0 Å². The van der Waals surface area contributed by atoms with Crippen molar-refractivity contribution in [2.45, 2.75) is 31.9 Å². The molecule has 1 fully saturated rings. The Morgan fingerprint density at radius 1 is 1.64 bits per heavy atom. The summed E-state index contributed by atoms with van der Waals surface area (Å²) in [5.74, 6) is -0.0506. The van der Waals surface area contributed by atoms with Crippen molar-refractivity contribution in [3.63, 3.8) is 0 Å². The predicted molar refractivity (Wildman–Crippen MR) is 85.6 cm³/mol. The molecule has 1 aliphatic rings. The van der Waals surface area contributed by atoms with E-state index in [1.165, 1.54) is 4.88 Å². The Balaban J connectivity index is 1.61. The molecule has 0 unspecified atom stereocenters. The molecule has 1 saturated heterocycles. The third-order valence-corrected chi connectivity index (χ3v) is 4.86. The van der Waals surface area contributed by atoms with Crippen LogP contribution in [0, 0.1) is 5.92 Å². The zero-order valence-electron chi connectivity index (χ0n) is 12.9. The van der Waals surface area contributed by atoms with Gasteiger partial charge in [0.05, 0.1) is 18.2 Å². The van der Waals surface area contributed by atoms with Gasteiger partial charge in [-0.2, -0.15) is 5.10 Å². The van der Waals surface area contributed by atoms with Crippen molar-refractivity contribution in [2.24, 2.45) is 13.0 Å². The zero-order chi connectivity index (χ0) is 15.5. The van der Waals surface area contributed by atoms with Crippen molar-refractivity contribution in [3.05, 3.63) is 40.3 Å². The SMILES string of the molecule is C[C@@H](Cc1cccs1)NC(=O)[C@H]1CCO[C@@H]1c1cnn(C)c1. The lowest BCUT2D eigenvalue weighted by molar-refractivity contribution is -0.127. The van der Waals surface area contributed by atoms with E-state index in [1.54, 1.807) is 22.2 Å². The molecular formula is C16H21N3O2S. The van der Waals surface area contributed by atoms with Gasteiger partial charge in [0, 0.05) is 42.8 Å². The third kappa shape index (κ3) is 3.39. The lowest BCUT2D eigenvalue weighted by atomic mass is 9.96. The highest BCUT2D eigenvalue weighted by molar-refractivity contribution is 7.09. The Bertz CT molecular complexity index is 623. The molecule has 1 aliphatic heterocycles. The van der Waals surface area contributed by atoms with Crippen LogP contribution in [0.5, 0.6) is 0 Å². The fourth-order valence-corrected chi connectivity index (χ4v) is 3.74. The van der Waals surface area contributed by atoms with Gasteiger partial charge in [0.2, 0.25) is 5.91 Å². The van der Waals surface area contributed by atoms with E-state index in [4.69, 9.17) is 4.74 Å². The fraction of sp³-hybridized carbons (Fsp3) is 0.500. The van der Waals surface area contributed by atoms with Crippen LogP contribution in [0.4, 0.5) is 0 Å². The minimum absolute atomic E-state index is 0.0791. The number of amides is 1. The maximum absolute atomic E-state index is 12.6. The molecule has 1 amide bonds. The fourth-order valence-electron chi connectivity index (χ4n) is 2.91. The van der Waals surface area contributed by atoms with Crippen molar-refractivity contribution >= 4 is 17.2 Å². The highest BCUT2D eigenvalue weighted by Gasteiger charge is 2.36. The number of aromatic nitrogens is 2. The summed E-state index contributed by atoms with van der Waals surface area (Å²) >= 11 is 1.72. The van der Waals surface area contributed by atoms with Crippen molar-refractivity contribution in [3.8, 4) is 0 Å². The van der Waals surface area contributed by atoms with Gasteiger partial charge in [-0.1, -0.05) is 6.07 Å². The number of hydrogen-bond acceptors (Lipinski definition) is 4. The molecule has 6 heteroatoms. The van der Waals surface area contributed by atoms with Gasteiger partial charge < -0.3 is 10.1 Å². The van der Waals surface area contributed by atoms with Gasteiger partial charge >= 0.3 is 0 Å². The first-order valence-electron chi connectivity index (χ1n) is 7.56.